The largest absolute Gasteiger partial charge is 0.455 e. The monoisotopic (exact) mass is 260 g/mol. The van der Waals surface area contributed by atoms with Gasteiger partial charge in [0.25, 0.3) is 0 Å². The van der Waals surface area contributed by atoms with Crippen molar-refractivity contribution in [3.8, 4) is 0 Å². The molecule has 1 heterocycles. The molecule has 0 unspecified atom stereocenters. The summed E-state index contributed by atoms with van der Waals surface area (Å²) in [4.78, 5) is 22.9. The number of esters is 1. The zero-order valence-electron chi connectivity index (χ0n) is 9.96. The molecule has 6 nitrogen and oxygen atoms in total. The van der Waals surface area contributed by atoms with Crippen molar-refractivity contribution in [2.45, 2.75) is 6.54 Å². The van der Waals surface area contributed by atoms with Crippen molar-refractivity contribution in [2.75, 3.05) is 5.73 Å². The molecule has 98 valence electrons. The molecule has 6 heteroatoms. The average Bonchev–Trinajstić information content (AvgIpc) is 2.84. The number of hydrogen-bond donors (Lipinski definition) is 2. The molecule has 3 N–H and O–H groups in total. The fourth-order valence-electron chi connectivity index (χ4n) is 1.42. The summed E-state index contributed by atoms with van der Waals surface area (Å²) in [6.45, 7) is 0.264. The summed E-state index contributed by atoms with van der Waals surface area (Å²) in [6, 6.07) is 10.6. The van der Waals surface area contributed by atoms with Gasteiger partial charge in [0.05, 0.1) is 12.0 Å². The average molecular weight is 260 g/mol. The number of nitrogens with one attached hydrogen (secondary N) is 1. The van der Waals surface area contributed by atoms with E-state index in [2.05, 4.69) is 10.1 Å². The number of amides is 1. The Balaban J connectivity index is 1.85. The first kappa shape index (κ1) is 12.7. The molecule has 1 amide bonds. The quantitative estimate of drug-likeness (QED) is 0.649. The van der Waals surface area contributed by atoms with Gasteiger partial charge in [-0.2, -0.15) is 0 Å². The molecule has 2 aromatic rings. The molecular formula is C13H12N2O4. The van der Waals surface area contributed by atoms with E-state index in [4.69, 9.17) is 10.2 Å². The molecule has 0 aliphatic rings. The second kappa shape index (κ2) is 5.72. The summed E-state index contributed by atoms with van der Waals surface area (Å²) in [6.07, 6.45) is 0.387. The highest BCUT2D eigenvalue weighted by Crippen LogP contribution is 2.13. The van der Waals surface area contributed by atoms with Gasteiger partial charge in [-0.05, 0) is 5.56 Å². The van der Waals surface area contributed by atoms with E-state index in [1.54, 1.807) is 0 Å². The SMILES string of the molecule is Nc1ccoc1C(=O)OC(=O)NCc1ccccc1. The van der Waals surface area contributed by atoms with Crippen molar-refractivity contribution in [2.24, 2.45) is 0 Å². The number of anilines is 1. The van der Waals surface area contributed by atoms with Crippen LogP contribution in [-0.2, 0) is 11.3 Å². The predicted octanol–water partition coefficient (Wildman–Crippen LogP) is 1.93. The van der Waals surface area contributed by atoms with Crippen LogP contribution in [0.2, 0.25) is 0 Å². The summed E-state index contributed by atoms with van der Waals surface area (Å²) >= 11 is 0. The number of alkyl carbamates (subject to hydrolysis) is 1. The lowest BCUT2D eigenvalue weighted by atomic mass is 10.2. The number of benzene rings is 1. The minimum atomic E-state index is -0.923. The lowest BCUT2D eigenvalue weighted by molar-refractivity contribution is 0.0589. The van der Waals surface area contributed by atoms with Gasteiger partial charge in [-0.3, -0.25) is 0 Å². The predicted molar refractivity (Wildman–Crippen MR) is 67.2 cm³/mol. The summed E-state index contributed by atoms with van der Waals surface area (Å²) < 4.78 is 9.34. The molecule has 0 spiro atoms. The standard InChI is InChI=1S/C13H12N2O4/c14-10-6-7-18-11(10)12(16)19-13(17)15-8-9-4-2-1-3-5-9/h1-7H,8,14H2,(H,15,17). The summed E-state index contributed by atoms with van der Waals surface area (Å²) in [5.41, 5.74) is 6.47. The first-order chi connectivity index (χ1) is 9.16. The van der Waals surface area contributed by atoms with Crippen LogP contribution >= 0.6 is 0 Å². The van der Waals surface area contributed by atoms with E-state index in [9.17, 15) is 9.59 Å². The molecular weight excluding hydrogens is 248 g/mol. The van der Waals surface area contributed by atoms with E-state index in [-0.39, 0.29) is 18.0 Å². The van der Waals surface area contributed by atoms with Gasteiger partial charge < -0.3 is 20.2 Å². The maximum absolute atomic E-state index is 11.5. The van der Waals surface area contributed by atoms with Crippen LogP contribution in [0.4, 0.5) is 10.5 Å². The Labute approximate surface area is 109 Å². The van der Waals surface area contributed by atoms with Gasteiger partial charge >= 0.3 is 12.1 Å². The third kappa shape index (κ3) is 3.35. The van der Waals surface area contributed by atoms with Crippen molar-refractivity contribution in [3.63, 3.8) is 0 Å². The van der Waals surface area contributed by atoms with Gasteiger partial charge in [0, 0.05) is 12.6 Å². The Hall–Kier alpha value is -2.76. The highest BCUT2D eigenvalue weighted by molar-refractivity contribution is 5.97. The van der Waals surface area contributed by atoms with E-state index in [1.165, 1.54) is 12.3 Å². The van der Waals surface area contributed by atoms with Crippen molar-refractivity contribution in [1.82, 2.24) is 5.32 Å². The minimum Gasteiger partial charge on any atom is -0.455 e. The molecule has 0 saturated heterocycles. The van der Waals surface area contributed by atoms with Gasteiger partial charge in [0.2, 0.25) is 5.76 Å². The Bertz CT molecular complexity index is 577. The second-order valence-electron chi connectivity index (χ2n) is 3.72. The van der Waals surface area contributed by atoms with Crippen LogP contribution in [0, 0.1) is 0 Å². The van der Waals surface area contributed by atoms with Gasteiger partial charge in [-0.15, -0.1) is 0 Å². The van der Waals surface area contributed by atoms with Crippen LogP contribution in [0.3, 0.4) is 0 Å². The lowest BCUT2D eigenvalue weighted by Crippen LogP contribution is -2.26. The smallest absolute Gasteiger partial charge is 0.415 e. The maximum Gasteiger partial charge on any atom is 0.415 e. The van der Waals surface area contributed by atoms with Crippen LogP contribution in [0.15, 0.2) is 47.1 Å². The van der Waals surface area contributed by atoms with Crippen LogP contribution < -0.4 is 11.1 Å². The lowest BCUT2D eigenvalue weighted by Gasteiger charge is -2.04. The van der Waals surface area contributed by atoms with Crippen molar-refractivity contribution >= 4 is 17.7 Å². The molecule has 0 aliphatic carbocycles. The third-order valence-corrected chi connectivity index (χ3v) is 2.35. The Morgan fingerprint density at radius 1 is 1.21 bits per heavy atom. The third-order valence-electron chi connectivity index (χ3n) is 2.35. The van der Waals surface area contributed by atoms with Crippen molar-refractivity contribution in [1.29, 1.82) is 0 Å². The maximum atomic E-state index is 11.5. The summed E-state index contributed by atoms with van der Waals surface area (Å²) in [7, 11) is 0. The number of carbonyl (C=O) groups is 2. The number of ether oxygens (including phenoxy) is 1. The number of nitrogen functional groups attached to an aromatic ring is 1. The van der Waals surface area contributed by atoms with Gasteiger partial charge in [-0.1, -0.05) is 30.3 Å². The molecule has 0 aliphatic heterocycles. The van der Waals surface area contributed by atoms with Crippen LogP contribution in [-0.4, -0.2) is 12.1 Å². The zero-order chi connectivity index (χ0) is 13.7. The topological polar surface area (TPSA) is 94.6 Å². The molecule has 0 radical (unpaired) electrons. The van der Waals surface area contributed by atoms with Crippen molar-refractivity contribution in [3.05, 3.63) is 54.0 Å². The second-order valence-corrected chi connectivity index (χ2v) is 3.72. The number of furan rings is 1. The molecule has 0 saturated carbocycles. The minimum absolute atomic E-state index is 0.126. The molecule has 1 aromatic carbocycles. The Kier molecular flexibility index (Phi) is 3.82. The van der Waals surface area contributed by atoms with E-state index < -0.39 is 12.1 Å². The molecule has 0 fully saturated rings. The van der Waals surface area contributed by atoms with E-state index >= 15 is 0 Å². The summed E-state index contributed by atoms with van der Waals surface area (Å²) in [5.74, 6) is -1.11. The summed E-state index contributed by atoms with van der Waals surface area (Å²) in [5, 5.41) is 2.45. The normalized spacial score (nSPS) is 9.89. The fraction of sp³-hybridized carbons (Fsp3) is 0.0769. The number of nitrogens with two attached hydrogens (primary N) is 1. The Morgan fingerprint density at radius 2 is 1.95 bits per heavy atom. The van der Waals surface area contributed by atoms with E-state index in [1.807, 2.05) is 30.3 Å². The van der Waals surface area contributed by atoms with Crippen LogP contribution in [0.5, 0.6) is 0 Å². The first-order valence-corrected chi connectivity index (χ1v) is 5.53. The first-order valence-electron chi connectivity index (χ1n) is 5.53. The van der Waals surface area contributed by atoms with Crippen molar-refractivity contribution < 1.29 is 18.7 Å². The van der Waals surface area contributed by atoms with Crippen LogP contribution in [0.1, 0.15) is 16.1 Å². The molecule has 0 atom stereocenters. The van der Waals surface area contributed by atoms with Gasteiger partial charge in [0.15, 0.2) is 0 Å². The molecule has 2 rings (SSSR count). The van der Waals surface area contributed by atoms with Gasteiger partial charge in [0.1, 0.15) is 0 Å². The van der Waals surface area contributed by atoms with E-state index in [0.717, 1.165) is 5.56 Å². The molecule has 1 aromatic heterocycles. The Morgan fingerprint density at radius 3 is 2.58 bits per heavy atom. The number of rotatable bonds is 3. The number of hydrogen-bond acceptors (Lipinski definition) is 5. The van der Waals surface area contributed by atoms with Crippen LogP contribution in [0.25, 0.3) is 0 Å². The van der Waals surface area contributed by atoms with E-state index in [0.29, 0.717) is 0 Å². The highest BCUT2D eigenvalue weighted by atomic mass is 16.6. The fourth-order valence-corrected chi connectivity index (χ4v) is 1.42. The number of carbonyl (C=O) groups excluding carboxylic acids is 2. The molecule has 0 bridgehead atoms. The highest BCUT2D eigenvalue weighted by Gasteiger charge is 2.18. The zero-order valence-corrected chi connectivity index (χ0v) is 9.96. The van der Waals surface area contributed by atoms with Gasteiger partial charge in [-0.25, -0.2) is 9.59 Å². The molecule has 19 heavy (non-hydrogen) atoms.